The molecule has 0 unspecified atom stereocenters. The van der Waals surface area contributed by atoms with E-state index in [0.29, 0.717) is 5.69 Å². The van der Waals surface area contributed by atoms with E-state index in [-0.39, 0.29) is 47.9 Å². The van der Waals surface area contributed by atoms with Gasteiger partial charge in [0, 0.05) is 11.8 Å². The van der Waals surface area contributed by atoms with Crippen LogP contribution in [0.5, 0.6) is 0 Å². The molecule has 0 spiro atoms. The maximum absolute atomic E-state index is 13.4. The predicted octanol–water partition coefficient (Wildman–Crippen LogP) is 2.10. The highest BCUT2D eigenvalue weighted by Gasteiger charge is 2.57. The van der Waals surface area contributed by atoms with Gasteiger partial charge in [-0.2, -0.15) is 0 Å². The third-order valence-corrected chi connectivity index (χ3v) is 8.02. The molecule has 2 fully saturated rings. The van der Waals surface area contributed by atoms with Crippen LogP contribution in [-0.2, 0) is 14.8 Å². The van der Waals surface area contributed by atoms with Crippen molar-refractivity contribution in [2.75, 3.05) is 17.5 Å². The van der Waals surface area contributed by atoms with Crippen LogP contribution in [0, 0.1) is 11.7 Å². The lowest BCUT2D eigenvalue weighted by Crippen LogP contribution is -2.71. The van der Waals surface area contributed by atoms with E-state index in [9.17, 15) is 22.7 Å². The zero-order valence-corrected chi connectivity index (χ0v) is 16.4. The summed E-state index contributed by atoms with van der Waals surface area (Å²) in [7, 11) is -3.93. The highest BCUT2D eigenvalue weighted by atomic mass is 32.2. The van der Waals surface area contributed by atoms with Crippen LogP contribution >= 0.6 is 0 Å². The lowest BCUT2D eigenvalue weighted by atomic mass is 9.72. The first-order valence-corrected chi connectivity index (χ1v) is 11.2. The first-order chi connectivity index (χ1) is 13.9. The molecule has 1 amide bonds. The number of rotatable bonds is 4. The predicted molar refractivity (Wildman–Crippen MR) is 104 cm³/mol. The second-order valence-corrected chi connectivity index (χ2v) is 9.77. The van der Waals surface area contributed by atoms with Gasteiger partial charge in [-0.15, -0.1) is 0 Å². The van der Waals surface area contributed by atoms with E-state index < -0.39 is 15.8 Å². The summed E-state index contributed by atoms with van der Waals surface area (Å²) in [5, 5.41) is 9.94. The number of hydrogen-bond donors (Lipinski definition) is 1. The Morgan fingerprint density at radius 3 is 2.45 bits per heavy atom. The van der Waals surface area contributed by atoms with E-state index in [2.05, 4.69) is 0 Å². The second-order valence-electron chi connectivity index (χ2n) is 7.91. The molecule has 0 aromatic heterocycles. The van der Waals surface area contributed by atoms with Gasteiger partial charge in [-0.1, -0.05) is 18.2 Å². The van der Waals surface area contributed by atoms with Gasteiger partial charge in [0.15, 0.2) is 0 Å². The van der Waals surface area contributed by atoms with Gasteiger partial charge in [-0.25, -0.2) is 12.8 Å². The summed E-state index contributed by atoms with van der Waals surface area (Å²) in [4.78, 5) is 14.5. The number of likely N-dealkylation sites (tertiary alicyclic amines) is 1. The van der Waals surface area contributed by atoms with Gasteiger partial charge in [0.05, 0.1) is 35.8 Å². The monoisotopic (exact) mass is 416 g/mol. The SMILES string of the molecule is O=C(C1CC1)N1[C@H](CO)[C@@H]2c3ccccc3N(S(=O)(=O)c3ccc(F)cc3)C[C@@H]21. The van der Waals surface area contributed by atoms with Crippen molar-refractivity contribution in [3.05, 3.63) is 59.9 Å². The first kappa shape index (κ1) is 18.6. The zero-order chi connectivity index (χ0) is 20.3. The van der Waals surface area contributed by atoms with Crippen LogP contribution in [0.4, 0.5) is 10.1 Å². The Hall–Kier alpha value is -2.45. The number of hydrogen-bond acceptors (Lipinski definition) is 4. The maximum Gasteiger partial charge on any atom is 0.264 e. The molecule has 0 bridgehead atoms. The molecule has 1 N–H and O–H groups in total. The average Bonchev–Trinajstić information content (AvgIpc) is 3.54. The normalized spacial score (nSPS) is 25.8. The Bertz CT molecular complexity index is 1070. The molecule has 8 heteroatoms. The van der Waals surface area contributed by atoms with Gasteiger partial charge in [0.25, 0.3) is 10.0 Å². The fraction of sp³-hybridized carbons (Fsp3) is 0.381. The van der Waals surface area contributed by atoms with Crippen LogP contribution < -0.4 is 4.31 Å². The summed E-state index contributed by atoms with van der Waals surface area (Å²) < 4.78 is 41.3. The minimum Gasteiger partial charge on any atom is -0.394 e. The van der Waals surface area contributed by atoms with Crippen molar-refractivity contribution in [1.29, 1.82) is 0 Å². The molecule has 0 radical (unpaired) electrons. The molecule has 3 aliphatic rings. The van der Waals surface area contributed by atoms with E-state index in [1.807, 2.05) is 12.1 Å². The van der Waals surface area contributed by atoms with Crippen LogP contribution in [0.25, 0.3) is 0 Å². The van der Waals surface area contributed by atoms with Crippen molar-refractivity contribution < 1.29 is 22.7 Å². The number of anilines is 1. The molecule has 2 aromatic carbocycles. The van der Waals surface area contributed by atoms with Crippen molar-refractivity contribution in [3.8, 4) is 0 Å². The second kappa shape index (κ2) is 6.53. The Kier molecular flexibility index (Phi) is 4.18. The van der Waals surface area contributed by atoms with Crippen molar-refractivity contribution in [1.82, 2.24) is 4.90 Å². The fourth-order valence-corrected chi connectivity index (χ4v) is 6.17. The summed E-state index contributed by atoms with van der Waals surface area (Å²) >= 11 is 0. The number of aliphatic hydroxyl groups excluding tert-OH is 1. The summed E-state index contributed by atoms with van der Waals surface area (Å²) in [6.07, 6.45) is 1.69. The van der Waals surface area contributed by atoms with Crippen molar-refractivity contribution in [3.63, 3.8) is 0 Å². The first-order valence-electron chi connectivity index (χ1n) is 9.73. The standard InChI is InChI=1S/C21H21FN2O4S/c22-14-7-9-15(10-8-14)29(27,28)23-11-18-20(16-3-1-2-4-17(16)23)19(12-25)24(18)21(26)13-5-6-13/h1-4,7-10,13,18-20,25H,5-6,11-12H2/t18-,19+,20+/m0/s1. The van der Waals surface area contributed by atoms with Gasteiger partial charge in [-0.05, 0) is 48.7 Å². The van der Waals surface area contributed by atoms with E-state index in [4.69, 9.17) is 0 Å². The highest BCUT2D eigenvalue weighted by molar-refractivity contribution is 7.92. The third kappa shape index (κ3) is 2.77. The van der Waals surface area contributed by atoms with Crippen molar-refractivity contribution in [2.24, 2.45) is 5.92 Å². The summed E-state index contributed by atoms with van der Waals surface area (Å²) in [6.45, 7) is -0.0327. The molecule has 1 saturated heterocycles. The fourth-order valence-electron chi connectivity index (χ4n) is 4.66. The number of fused-ring (bicyclic) bond motifs is 3. The van der Waals surface area contributed by atoms with Gasteiger partial charge in [-0.3, -0.25) is 9.10 Å². The topological polar surface area (TPSA) is 77.9 Å². The van der Waals surface area contributed by atoms with Gasteiger partial charge < -0.3 is 10.0 Å². The number of carbonyl (C=O) groups is 1. The molecule has 1 aliphatic carbocycles. The minimum atomic E-state index is -3.93. The van der Waals surface area contributed by atoms with E-state index in [0.717, 1.165) is 30.5 Å². The lowest BCUT2D eigenvalue weighted by Gasteiger charge is -2.59. The highest BCUT2D eigenvalue weighted by Crippen LogP contribution is 2.51. The molecule has 152 valence electrons. The number of aliphatic hydroxyl groups is 1. The number of benzene rings is 2. The number of halogens is 1. The Morgan fingerprint density at radius 1 is 1.10 bits per heavy atom. The molecular formula is C21H21FN2O4S. The average molecular weight is 416 g/mol. The molecule has 3 atom stereocenters. The Morgan fingerprint density at radius 2 is 1.79 bits per heavy atom. The zero-order valence-electron chi connectivity index (χ0n) is 15.6. The van der Waals surface area contributed by atoms with Gasteiger partial charge in [0.1, 0.15) is 5.82 Å². The molecule has 2 heterocycles. The molecule has 2 aromatic rings. The van der Waals surface area contributed by atoms with Crippen LogP contribution in [-0.4, -0.2) is 49.6 Å². The van der Waals surface area contributed by atoms with Crippen molar-refractivity contribution >= 4 is 21.6 Å². The van der Waals surface area contributed by atoms with Gasteiger partial charge in [0.2, 0.25) is 5.91 Å². The molecular weight excluding hydrogens is 395 g/mol. The summed E-state index contributed by atoms with van der Waals surface area (Å²) in [5.41, 5.74) is 1.36. The Labute approximate surface area is 168 Å². The van der Waals surface area contributed by atoms with Crippen LogP contribution in [0.15, 0.2) is 53.4 Å². The van der Waals surface area contributed by atoms with Crippen LogP contribution in [0.2, 0.25) is 0 Å². The van der Waals surface area contributed by atoms with Crippen molar-refractivity contribution in [2.45, 2.75) is 35.7 Å². The quantitative estimate of drug-likeness (QED) is 0.828. The maximum atomic E-state index is 13.4. The van der Waals surface area contributed by atoms with Crippen LogP contribution in [0.3, 0.4) is 0 Å². The molecule has 5 rings (SSSR count). The smallest absolute Gasteiger partial charge is 0.264 e. The largest absolute Gasteiger partial charge is 0.394 e. The third-order valence-electron chi connectivity index (χ3n) is 6.23. The summed E-state index contributed by atoms with van der Waals surface area (Å²) in [6, 6.07) is 11.3. The Balaban J connectivity index is 1.57. The number of sulfonamides is 1. The molecule has 1 saturated carbocycles. The molecule has 2 aliphatic heterocycles. The number of carbonyl (C=O) groups excluding carboxylic acids is 1. The van der Waals surface area contributed by atoms with Crippen LogP contribution in [0.1, 0.15) is 24.3 Å². The molecule has 29 heavy (non-hydrogen) atoms. The van der Waals surface area contributed by atoms with E-state index in [1.165, 1.54) is 16.4 Å². The minimum absolute atomic E-state index is 0.00353. The number of para-hydroxylation sites is 1. The van der Waals surface area contributed by atoms with E-state index >= 15 is 0 Å². The van der Waals surface area contributed by atoms with E-state index in [1.54, 1.807) is 17.0 Å². The molecule has 6 nitrogen and oxygen atoms in total. The summed E-state index contributed by atoms with van der Waals surface area (Å²) in [5.74, 6) is -0.610. The van der Waals surface area contributed by atoms with Gasteiger partial charge >= 0.3 is 0 Å². The number of amides is 1. The number of nitrogens with zero attached hydrogens (tertiary/aromatic N) is 2. The lowest BCUT2D eigenvalue weighted by molar-refractivity contribution is -0.151.